The topological polar surface area (TPSA) is 181 Å². The molecule has 1 aromatic carbocycles. The fraction of sp³-hybridized carbons (Fsp3) is 0.429. The van der Waals surface area contributed by atoms with Gasteiger partial charge >= 0.3 is 5.97 Å². The maximum absolute atomic E-state index is 12.7. The number of nitro benzene ring substituents is 1. The molecule has 15 heteroatoms. The standard InChI is InChI=1S/C14H15N3O9S2.Na/c1-14(2)10(13(19)20)16-11(18)9(12(16)27(14,23)24)15-28(25,26)8-5-3-7(4-6-8)17(21)22;/h3-6,9-10,12,15H,1-2H3,(H,19,20);/t9-,10+,12-;/m1./s1. The van der Waals surface area contributed by atoms with Gasteiger partial charge in [0.15, 0.2) is 15.2 Å². The van der Waals surface area contributed by atoms with E-state index in [1.165, 1.54) is 0 Å². The predicted octanol–water partition coefficient (Wildman–Crippen LogP) is -1.31. The van der Waals surface area contributed by atoms with Gasteiger partial charge < -0.3 is 10.0 Å². The van der Waals surface area contributed by atoms with Gasteiger partial charge in [-0.15, -0.1) is 0 Å². The van der Waals surface area contributed by atoms with Crippen LogP contribution in [0.15, 0.2) is 29.2 Å². The molecule has 0 aliphatic carbocycles. The van der Waals surface area contributed by atoms with E-state index >= 15 is 0 Å². The second-order valence-electron chi connectivity index (χ2n) is 6.88. The van der Waals surface area contributed by atoms with E-state index in [9.17, 15) is 41.6 Å². The van der Waals surface area contributed by atoms with E-state index in [1.54, 1.807) is 0 Å². The zero-order valence-electron chi connectivity index (χ0n) is 15.5. The summed E-state index contributed by atoms with van der Waals surface area (Å²) in [6.45, 7) is 2.32. The first-order valence-electron chi connectivity index (χ1n) is 7.78. The molecular formula is C14H15N3NaO9S2. The summed E-state index contributed by atoms with van der Waals surface area (Å²) in [5, 5.41) is 18.3. The third kappa shape index (κ3) is 3.37. The van der Waals surface area contributed by atoms with Crippen LogP contribution in [0.5, 0.6) is 0 Å². The van der Waals surface area contributed by atoms with Gasteiger partial charge in [-0.2, -0.15) is 4.72 Å². The summed E-state index contributed by atoms with van der Waals surface area (Å²) in [5.74, 6) is -2.49. The van der Waals surface area contributed by atoms with E-state index in [2.05, 4.69) is 0 Å². The maximum Gasteiger partial charge on any atom is 0.328 e. The van der Waals surface area contributed by atoms with Crippen molar-refractivity contribution in [3.63, 3.8) is 0 Å². The minimum Gasteiger partial charge on any atom is -0.480 e. The van der Waals surface area contributed by atoms with Crippen molar-refractivity contribution in [1.29, 1.82) is 0 Å². The monoisotopic (exact) mass is 456 g/mol. The second kappa shape index (κ2) is 7.28. The largest absolute Gasteiger partial charge is 0.480 e. The summed E-state index contributed by atoms with van der Waals surface area (Å²) in [6.07, 6.45) is 0. The van der Waals surface area contributed by atoms with Crippen LogP contribution >= 0.6 is 0 Å². The number of benzene rings is 1. The average Bonchev–Trinajstić information content (AvgIpc) is 2.73. The number of fused-ring (bicyclic) bond motifs is 1. The van der Waals surface area contributed by atoms with Crippen molar-refractivity contribution in [3.8, 4) is 0 Å². The molecule has 0 bridgehead atoms. The Balaban J connectivity index is 0.00000300. The zero-order valence-corrected chi connectivity index (χ0v) is 19.1. The van der Waals surface area contributed by atoms with Crippen molar-refractivity contribution < 1.29 is 36.5 Å². The van der Waals surface area contributed by atoms with Crippen LogP contribution < -0.4 is 4.72 Å². The number of carboxylic acid groups (broad SMARTS) is 1. The molecule has 3 atom stereocenters. The molecule has 2 aliphatic heterocycles. The van der Waals surface area contributed by atoms with Gasteiger partial charge in [-0.05, 0) is 26.0 Å². The number of non-ortho nitro benzene ring substituents is 1. The number of sulfone groups is 1. The Morgan fingerprint density at radius 1 is 1.28 bits per heavy atom. The number of nitro groups is 1. The van der Waals surface area contributed by atoms with E-state index in [0.717, 1.165) is 38.1 Å². The molecule has 1 aromatic rings. The van der Waals surface area contributed by atoms with Gasteiger partial charge in [0, 0.05) is 41.7 Å². The zero-order chi connectivity index (χ0) is 21.2. The Kier molecular flexibility index (Phi) is 5.95. The van der Waals surface area contributed by atoms with Crippen molar-refractivity contribution in [2.75, 3.05) is 0 Å². The van der Waals surface area contributed by atoms with Gasteiger partial charge in [0.1, 0.15) is 16.8 Å². The van der Waals surface area contributed by atoms with Crippen LogP contribution in [0.2, 0.25) is 0 Å². The Hall–Kier alpha value is -1.58. The van der Waals surface area contributed by atoms with Crippen molar-refractivity contribution in [2.24, 2.45) is 0 Å². The summed E-state index contributed by atoms with van der Waals surface area (Å²) in [5.41, 5.74) is -0.353. The molecule has 3 rings (SSSR count). The Labute approximate surface area is 187 Å². The normalized spacial score (nSPS) is 26.8. The van der Waals surface area contributed by atoms with Gasteiger partial charge in [0.05, 0.1) is 9.82 Å². The molecular weight excluding hydrogens is 441 g/mol. The first kappa shape index (κ1) is 23.7. The summed E-state index contributed by atoms with van der Waals surface area (Å²) in [4.78, 5) is 34.0. The van der Waals surface area contributed by atoms with E-state index in [-0.39, 0.29) is 35.2 Å². The number of hydrogen-bond donors (Lipinski definition) is 2. The third-order valence-electron chi connectivity index (χ3n) is 4.94. The minimum atomic E-state index is -4.39. The Morgan fingerprint density at radius 2 is 1.79 bits per heavy atom. The second-order valence-corrected chi connectivity index (χ2v) is 11.2. The van der Waals surface area contributed by atoms with Crippen molar-refractivity contribution in [1.82, 2.24) is 9.62 Å². The van der Waals surface area contributed by atoms with Crippen molar-refractivity contribution in [2.45, 2.75) is 40.9 Å². The first-order valence-corrected chi connectivity index (χ1v) is 10.8. The van der Waals surface area contributed by atoms with Crippen LogP contribution in [0, 0.1) is 10.1 Å². The molecule has 2 heterocycles. The SMILES string of the molecule is CC1(C)[C@H](C(=O)O)N2C(=O)[C@@H](NS(=O)(=O)c3ccc([N+](=O)[O-])cc3)[C@H]2S1(=O)=O.[Na]. The summed E-state index contributed by atoms with van der Waals surface area (Å²) in [6, 6.07) is 0.436. The van der Waals surface area contributed by atoms with Crippen molar-refractivity contribution >= 4 is 67.0 Å². The first-order chi connectivity index (χ1) is 12.7. The molecule has 2 N–H and O–H groups in total. The number of rotatable bonds is 5. The van der Waals surface area contributed by atoms with E-state index in [0.29, 0.717) is 4.90 Å². The molecule has 1 radical (unpaired) electrons. The van der Waals surface area contributed by atoms with Gasteiger partial charge in [-0.3, -0.25) is 14.9 Å². The number of sulfonamides is 1. The molecule has 0 saturated carbocycles. The number of aliphatic carboxylic acids is 1. The molecule has 0 spiro atoms. The number of carbonyl (C=O) groups is 2. The van der Waals surface area contributed by atoms with Crippen LogP contribution in [-0.2, 0) is 29.4 Å². The van der Waals surface area contributed by atoms with Crippen LogP contribution in [0.25, 0.3) is 0 Å². The van der Waals surface area contributed by atoms with E-state index in [1.807, 2.05) is 4.72 Å². The maximum atomic E-state index is 12.7. The smallest absolute Gasteiger partial charge is 0.328 e. The van der Waals surface area contributed by atoms with Crippen LogP contribution in [-0.4, -0.2) is 95.4 Å². The minimum absolute atomic E-state index is 0. The van der Waals surface area contributed by atoms with E-state index < -0.39 is 63.8 Å². The molecule has 12 nitrogen and oxygen atoms in total. The molecule has 29 heavy (non-hydrogen) atoms. The van der Waals surface area contributed by atoms with Crippen molar-refractivity contribution in [3.05, 3.63) is 34.4 Å². The number of β-lactam (4-membered cyclic amide) rings is 1. The number of hydrogen-bond acceptors (Lipinski definition) is 8. The van der Waals surface area contributed by atoms with Gasteiger partial charge in [-0.25, -0.2) is 21.6 Å². The summed E-state index contributed by atoms with van der Waals surface area (Å²) < 4.78 is 50.6. The van der Waals surface area contributed by atoms with Crippen LogP contribution in [0.1, 0.15) is 13.8 Å². The van der Waals surface area contributed by atoms with Crippen LogP contribution in [0.4, 0.5) is 5.69 Å². The molecule has 0 aromatic heterocycles. The summed E-state index contributed by atoms with van der Waals surface area (Å²) >= 11 is 0. The molecule has 2 fully saturated rings. The fourth-order valence-corrected chi connectivity index (χ4v) is 6.89. The summed E-state index contributed by atoms with van der Waals surface area (Å²) in [7, 11) is -8.60. The number of carbonyl (C=O) groups excluding carboxylic acids is 1. The average molecular weight is 456 g/mol. The van der Waals surface area contributed by atoms with Crippen LogP contribution in [0.3, 0.4) is 0 Å². The van der Waals surface area contributed by atoms with Gasteiger partial charge in [-0.1, -0.05) is 0 Å². The molecule has 1 amide bonds. The number of amides is 1. The third-order valence-corrected chi connectivity index (χ3v) is 9.22. The van der Waals surface area contributed by atoms with Gasteiger partial charge in [0.2, 0.25) is 15.9 Å². The number of nitrogens with one attached hydrogen (secondary N) is 1. The Morgan fingerprint density at radius 3 is 2.24 bits per heavy atom. The molecule has 0 unspecified atom stereocenters. The van der Waals surface area contributed by atoms with Gasteiger partial charge in [0.25, 0.3) is 5.69 Å². The predicted molar refractivity (Wildman–Crippen MR) is 98.0 cm³/mol. The fourth-order valence-electron chi connectivity index (χ4n) is 3.40. The molecule has 153 valence electrons. The molecule has 2 aliphatic rings. The number of carboxylic acids is 1. The quantitative estimate of drug-likeness (QED) is 0.235. The Bertz CT molecular complexity index is 1100. The molecule has 2 saturated heterocycles. The van der Waals surface area contributed by atoms with E-state index in [4.69, 9.17) is 0 Å². The number of nitrogens with zero attached hydrogens (tertiary/aromatic N) is 2.